The summed E-state index contributed by atoms with van der Waals surface area (Å²) in [6.45, 7) is 6.81. The fourth-order valence-corrected chi connectivity index (χ4v) is 3.79. The Labute approximate surface area is 186 Å². The lowest BCUT2D eigenvalue weighted by Gasteiger charge is -2.34. The molecular formula is C25H26N4O3. The third kappa shape index (κ3) is 4.27. The largest absolute Gasteiger partial charge is 0.391 e. The number of carbonyl (C=O) groups is 2. The molecule has 7 heteroatoms. The molecule has 7 nitrogen and oxygen atoms in total. The van der Waals surface area contributed by atoms with Gasteiger partial charge >= 0.3 is 0 Å². The van der Waals surface area contributed by atoms with Crippen molar-refractivity contribution in [3.05, 3.63) is 83.2 Å². The van der Waals surface area contributed by atoms with Crippen LogP contribution in [-0.4, -0.2) is 29.1 Å². The highest BCUT2D eigenvalue weighted by atomic mass is 16.6. The molecule has 2 heterocycles. The molecule has 0 aliphatic carbocycles. The lowest BCUT2D eigenvalue weighted by Crippen LogP contribution is -2.47. The lowest BCUT2D eigenvalue weighted by molar-refractivity contribution is 0.0891. The molecule has 0 radical (unpaired) electrons. The summed E-state index contributed by atoms with van der Waals surface area (Å²) in [5, 5.41) is 10.6. The molecule has 3 aromatic rings. The van der Waals surface area contributed by atoms with Crippen molar-refractivity contribution in [2.75, 3.05) is 6.54 Å². The third-order valence-corrected chi connectivity index (χ3v) is 5.50. The molecule has 2 N–H and O–H groups in total. The van der Waals surface area contributed by atoms with E-state index < -0.39 is 0 Å². The topological polar surface area (TPSA) is 84.7 Å². The summed E-state index contributed by atoms with van der Waals surface area (Å²) in [6.07, 6.45) is 3.23. The Morgan fingerprint density at radius 2 is 2.00 bits per heavy atom. The Morgan fingerprint density at radius 3 is 2.75 bits per heavy atom. The summed E-state index contributed by atoms with van der Waals surface area (Å²) in [6, 6.07) is 17.0. The standard InChI is InChI=1S/C25H26N4O3/c1-4-20(14-27-32-15-17-8-6-5-7-9-17)28-23(30)19-11-10-18-12-22-24(31)26-16-25(2,3)29(22)21(18)13-19/h4-14H,15-16H2,1-3H3,(H,26,31)(H,28,30)/b20-4+,27-14-. The summed E-state index contributed by atoms with van der Waals surface area (Å²) in [5.41, 5.74) is 3.20. The van der Waals surface area contributed by atoms with E-state index in [-0.39, 0.29) is 17.4 Å². The molecule has 0 saturated heterocycles. The number of fused-ring (bicyclic) bond motifs is 3. The Bertz CT molecular complexity index is 1220. The van der Waals surface area contributed by atoms with Gasteiger partial charge in [-0.05, 0) is 44.5 Å². The number of aromatic nitrogens is 1. The molecule has 0 unspecified atom stereocenters. The molecule has 1 aliphatic heterocycles. The first kappa shape index (κ1) is 21.4. The van der Waals surface area contributed by atoms with E-state index in [0.717, 1.165) is 16.5 Å². The van der Waals surface area contributed by atoms with Crippen LogP contribution >= 0.6 is 0 Å². The van der Waals surface area contributed by atoms with Crippen molar-refractivity contribution >= 4 is 28.9 Å². The second-order valence-corrected chi connectivity index (χ2v) is 8.33. The van der Waals surface area contributed by atoms with Gasteiger partial charge in [0.2, 0.25) is 0 Å². The van der Waals surface area contributed by atoms with Crippen LogP contribution in [0.15, 0.2) is 71.5 Å². The van der Waals surface area contributed by atoms with Crippen molar-refractivity contribution < 1.29 is 14.4 Å². The maximum atomic E-state index is 12.9. The number of carbonyl (C=O) groups excluding carboxylic acids is 2. The number of benzene rings is 2. The number of allylic oxidation sites excluding steroid dienone is 2. The van der Waals surface area contributed by atoms with Gasteiger partial charge in [-0.25, -0.2) is 0 Å². The summed E-state index contributed by atoms with van der Waals surface area (Å²) < 4.78 is 2.01. The highest BCUT2D eigenvalue weighted by Crippen LogP contribution is 2.30. The first-order chi connectivity index (χ1) is 15.4. The minimum atomic E-state index is -0.294. The first-order valence-corrected chi connectivity index (χ1v) is 10.5. The van der Waals surface area contributed by atoms with Gasteiger partial charge < -0.3 is 20.0 Å². The maximum Gasteiger partial charge on any atom is 0.268 e. The van der Waals surface area contributed by atoms with E-state index in [4.69, 9.17) is 4.84 Å². The molecule has 0 atom stereocenters. The number of rotatable bonds is 6. The van der Waals surface area contributed by atoms with Crippen molar-refractivity contribution in [2.45, 2.75) is 32.9 Å². The predicted octanol–water partition coefficient (Wildman–Crippen LogP) is 3.96. The van der Waals surface area contributed by atoms with E-state index in [1.54, 1.807) is 12.1 Å². The van der Waals surface area contributed by atoms with Gasteiger partial charge in [0.25, 0.3) is 11.8 Å². The highest BCUT2D eigenvalue weighted by molar-refractivity contribution is 6.04. The molecule has 0 saturated carbocycles. The van der Waals surface area contributed by atoms with Crippen LogP contribution in [0.2, 0.25) is 0 Å². The van der Waals surface area contributed by atoms with Gasteiger partial charge in [0.1, 0.15) is 12.3 Å². The van der Waals surface area contributed by atoms with E-state index in [1.165, 1.54) is 6.21 Å². The average Bonchev–Trinajstić information content (AvgIpc) is 3.20. The number of oxime groups is 1. The molecule has 1 aromatic heterocycles. The van der Waals surface area contributed by atoms with Crippen LogP contribution in [0, 0.1) is 0 Å². The Kier molecular flexibility index (Phi) is 5.81. The Balaban J connectivity index is 1.49. The summed E-state index contributed by atoms with van der Waals surface area (Å²) in [4.78, 5) is 30.5. The van der Waals surface area contributed by atoms with Crippen LogP contribution in [0.5, 0.6) is 0 Å². The predicted molar refractivity (Wildman–Crippen MR) is 125 cm³/mol. The quantitative estimate of drug-likeness (QED) is 0.459. The fourth-order valence-electron chi connectivity index (χ4n) is 3.79. The molecule has 4 rings (SSSR count). The van der Waals surface area contributed by atoms with Gasteiger partial charge in [0.15, 0.2) is 0 Å². The van der Waals surface area contributed by atoms with E-state index in [9.17, 15) is 9.59 Å². The minimum absolute atomic E-state index is 0.102. The van der Waals surface area contributed by atoms with E-state index in [2.05, 4.69) is 29.6 Å². The SMILES string of the molecule is C/C=C(\C=N/OCc1ccccc1)NC(=O)c1ccc2cc3n(c2c1)C(C)(C)CNC3=O. The molecule has 2 aromatic carbocycles. The molecule has 32 heavy (non-hydrogen) atoms. The fraction of sp³-hybridized carbons (Fsp3) is 0.240. The third-order valence-electron chi connectivity index (χ3n) is 5.50. The maximum absolute atomic E-state index is 12.9. The van der Waals surface area contributed by atoms with Gasteiger partial charge in [-0.2, -0.15) is 0 Å². The summed E-state index contributed by atoms with van der Waals surface area (Å²) in [7, 11) is 0. The van der Waals surface area contributed by atoms with Crippen molar-refractivity contribution in [3.63, 3.8) is 0 Å². The highest BCUT2D eigenvalue weighted by Gasteiger charge is 2.32. The van der Waals surface area contributed by atoms with Crippen molar-refractivity contribution in [1.82, 2.24) is 15.2 Å². The normalized spacial score (nSPS) is 15.5. The average molecular weight is 431 g/mol. The molecule has 1 aliphatic rings. The van der Waals surface area contributed by atoms with Crippen LogP contribution in [0.3, 0.4) is 0 Å². The smallest absolute Gasteiger partial charge is 0.268 e. The van der Waals surface area contributed by atoms with Crippen LogP contribution < -0.4 is 10.6 Å². The van der Waals surface area contributed by atoms with E-state index >= 15 is 0 Å². The molecule has 0 spiro atoms. The van der Waals surface area contributed by atoms with Crippen molar-refractivity contribution in [2.24, 2.45) is 5.16 Å². The van der Waals surface area contributed by atoms with Gasteiger partial charge in [-0.15, -0.1) is 0 Å². The van der Waals surface area contributed by atoms with Crippen LogP contribution in [0.1, 0.15) is 47.2 Å². The van der Waals surface area contributed by atoms with Crippen LogP contribution in [0.25, 0.3) is 10.9 Å². The zero-order valence-corrected chi connectivity index (χ0v) is 18.4. The summed E-state index contributed by atoms with van der Waals surface area (Å²) in [5.74, 6) is -0.363. The monoisotopic (exact) mass is 430 g/mol. The van der Waals surface area contributed by atoms with Gasteiger partial charge in [-0.3, -0.25) is 9.59 Å². The second-order valence-electron chi connectivity index (χ2n) is 8.33. The second kappa shape index (κ2) is 8.70. The zero-order chi connectivity index (χ0) is 22.7. The molecule has 0 bridgehead atoms. The van der Waals surface area contributed by atoms with Crippen LogP contribution in [0.4, 0.5) is 0 Å². The Hall–Kier alpha value is -3.87. The minimum Gasteiger partial charge on any atom is -0.391 e. The number of nitrogens with zero attached hydrogens (tertiary/aromatic N) is 2. The van der Waals surface area contributed by atoms with Crippen molar-refractivity contribution in [3.8, 4) is 0 Å². The van der Waals surface area contributed by atoms with Gasteiger partial charge in [0, 0.05) is 23.0 Å². The molecule has 164 valence electrons. The van der Waals surface area contributed by atoms with Gasteiger partial charge in [0.05, 0.1) is 17.5 Å². The molecule has 0 fully saturated rings. The number of hydrogen-bond donors (Lipinski definition) is 2. The number of nitrogens with one attached hydrogen (secondary N) is 2. The van der Waals surface area contributed by atoms with E-state index in [1.807, 2.05) is 60.0 Å². The molecule has 2 amide bonds. The Morgan fingerprint density at radius 1 is 1.22 bits per heavy atom. The number of amides is 2. The first-order valence-electron chi connectivity index (χ1n) is 10.5. The molecular weight excluding hydrogens is 404 g/mol. The lowest BCUT2D eigenvalue weighted by atomic mass is 10.0. The van der Waals surface area contributed by atoms with Crippen molar-refractivity contribution in [1.29, 1.82) is 0 Å². The summed E-state index contributed by atoms with van der Waals surface area (Å²) >= 11 is 0. The number of hydrogen-bond acceptors (Lipinski definition) is 4. The van der Waals surface area contributed by atoms with Crippen LogP contribution in [-0.2, 0) is 17.0 Å². The van der Waals surface area contributed by atoms with Gasteiger partial charge in [-0.1, -0.05) is 47.6 Å². The van der Waals surface area contributed by atoms with E-state index in [0.29, 0.717) is 30.1 Å². The zero-order valence-electron chi connectivity index (χ0n) is 18.4.